The van der Waals surface area contributed by atoms with E-state index in [1.54, 1.807) is 0 Å². The van der Waals surface area contributed by atoms with Gasteiger partial charge in [0.05, 0.1) is 18.4 Å². The molecule has 1 saturated heterocycles. The van der Waals surface area contributed by atoms with Crippen LogP contribution in [0.3, 0.4) is 0 Å². The molecule has 0 radical (unpaired) electrons. The summed E-state index contributed by atoms with van der Waals surface area (Å²) < 4.78 is 6.92. The van der Waals surface area contributed by atoms with E-state index in [2.05, 4.69) is 9.97 Å². The summed E-state index contributed by atoms with van der Waals surface area (Å²) in [4.78, 5) is 20.4. The highest BCUT2D eigenvalue weighted by Crippen LogP contribution is 2.32. The minimum absolute atomic E-state index is 0.187. The molecule has 0 amide bonds. The Kier molecular flexibility index (Phi) is 3.66. The fourth-order valence-electron chi connectivity index (χ4n) is 2.48. The van der Waals surface area contributed by atoms with Crippen molar-refractivity contribution in [3.8, 4) is 0 Å². The molecule has 1 fully saturated rings. The van der Waals surface area contributed by atoms with Crippen LogP contribution in [-0.2, 0) is 4.74 Å². The minimum atomic E-state index is -0.894. The van der Waals surface area contributed by atoms with Crippen molar-refractivity contribution in [3.63, 3.8) is 0 Å². The smallest absolute Gasteiger partial charge is 0.313 e. The second kappa shape index (κ2) is 5.34. The van der Waals surface area contributed by atoms with Crippen molar-refractivity contribution in [3.05, 3.63) is 15.9 Å². The average molecular weight is 312 g/mol. The molecule has 2 aromatic heterocycles. The lowest BCUT2D eigenvalue weighted by molar-refractivity contribution is -0.0752. The molecule has 21 heavy (non-hydrogen) atoms. The summed E-state index contributed by atoms with van der Waals surface area (Å²) in [6, 6.07) is 0. The number of rotatable bonds is 3. The van der Waals surface area contributed by atoms with Gasteiger partial charge < -0.3 is 20.7 Å². The SMILES string of the molecule is CC[C@H](O)[C@@H]1C[C@@H](O)[C@H](n2c(=O)sc3ncc(N)nc32)O1. The van der Waals surface area contributed by atoms with Crippen LogP contribution in [-0.4, -0.2) is 43.1 Å². The number of aromatic nitrogens is 3. The van der Waals surface area contributed by atoms with Gasteiger partial charge in [0, 0.05) is 6.42 Å². The fraction of sp³-hybridized carbons (Fsp3) is 0.583. The number of ether oxygens (including phenoxy) is 1. The second-order valence-electron chi connectivity index (χ2n) is 5.01. The molecule has 0 unspecified atom stereocenters. The summed E-state index contributed by atoms with van der Waals surface area (Å²) in [7, 11) is 0. The maximum atomic E-state index is 12.1. The van der Waals surface area contributed by atoms with E-state index in [9.17, 15) is 15.0 Å². The number of nitrogens with two attached hydrogens (primary N) is 1. The number of anilines is 1. The van der Waals surface area contributed by atoms with Gasteiger partial charge in [-0.1, -0.05) is 18.3 Å². The fourth-order valence-corrected chi connectivity index (χ4v) is 3.27. The number of aliphatic hydroxyl groups excluding tert-OH is 2. The topological polar surface area (TPSA) is 123 Å². The average Bonchev–Trinajstić information content (AvgIpc) is 2.97. The molecule has 4 atom stereocenters. The maximum Gasteiger partial charge on any atom is 0.313 e. The molecule has 2 aromatic rings. The lowest BCUT2D eigenvalue weighted by Gasteiger charge is -2.18. The lowest BCUT2D eigenvalue weighted by Crippen LogP contribution is -2.28. The molecule has 0 bridgehead atoms. The van der Waals surface area contributed by atoms with E-state index in [0.29, 0.717) is 16.9 Å². The molecule has 0 aromatic carbocycles. The lowest BCUT2D eigenvalue weighted by atomic mass is 10.1. The number of aliphatic hydroxyl groups is 2. The molecule has 1 aliphatic rings. The number of nitrogen functional groups attached to an aromatic ring is 1. The van der Waals surface area contributed by atoms with Crippen LogP contribution in [0.15, 0.2) is 11.0 Å². The molecule has 4 N–H and O–H groups in total. The van der Waals surface area contributed by atoms with E-state index < -0.39 is 24.5 Å². The summed E-state index contributed by atoms with van der Waals surface area (Å²) in [6.07, 6.45) is -0.816. The molecule has 114 valence electrons. The standard InChI is InChI=1S/C12H16N4O4S/c1-2-5(17)7-3-6(18)11(20-7)16-9-10(21-12(16)19)14-4-8(13)15-9/h4-7,11,17-18H,2-3H2,1H3,(H2,13,15)/t5-,6+,7-,11+/m0/s1. The maximum absolute atomic E-state index is 12.1. The quantitative estimate of drug-likeness (QED) is 0.720. The van der Waals surface area contributed by atoms with E-state index in [0.717, 1.165) is 11.3 Å². The Morgan fingerprint density at radius 3 is 3.14 bits per heavy atom. The monoisotopic (exact) mass is 312 g/mol. The van der Waals surface area contributed by atoms with Crippen LogP contribution in [0.1, 0.15) is 26.0 Å². The molecule has 0 saturated carbocycles. The molecule has 0 spiro atoms. The van der Waals surface area contributed by atoms with Crippen LogP contribution in [0.2, 0.25) is 0 Å². The Hall–Kier alpha value is -1.55. The first-order valence-corrected chi connectivity index (χ1v) is 7.48. The van der Waals surface area contributed by atoms with Crippen LogP contribution in [0.4, 0.5) is 5.82 Å². The van der Waals surface area contributed by atoms with Crippen LogP contribution in [0, 0.1) is 0 Å². The number of hydrogen-bond acceptors (Lipinski definition) is 8. The van der Waals surface area contributed by atoms with Crippen molar-refractivity contribution < 1.29 is 14.9 Å². The summed E-state index contributed by atoms with van der Waals surface area (Å²) >= 11 is 0.916. The third-order valence-electron chi connectivity index (χ3n) is 3.57. The van der Waals surface area contributed by atoms with Gasteiger partial charge in [-0.2, -0.15) is 0 Å². The number of nitrogens with zero attached hydrogens (tertiary/aromatic N) is 3. The molecule has 8 nitrogen and oxygen atoms in total. The molecular weight excluding hydrogens is 296 g/mol. The number of hydrogen-bond donors (Lipinski definition) is 3. The third-order valence-corrected chi connectivity index (χ3v) is 4.42. The van der Waals surface area contributed by atoms with Gasteiger partial charge in [-0.25, -0.2) is 9.97 Å². The van der Waals surface area contributed by atoms with E-state index in [1.807, 2.05) is 6.92 Å². The molecule has 0 aliphatic carbocycles. The van der Waals surface area contributed by atoms with Crippen molar-refractivity contribution in [2.45, 2.75) is 44.3 Å². The van der Waals surface area contributed by atoms with Crippen LogP contribution >= 0.6 is 11.3 Å². The van der Waals surface area contributed by atoms with Crippen molar-refractivity contribution in [1.82, 2.24) is 14.5 Å². The Morgan fingerprint density at radius 2 is 2.43 bits per heavy atom. The first-order valence-electron chi connectivity index (χ1n) is 6.66. The highest BCUT2D eigenvalue weighted by Gasteiger charge is 2.40. The second-order valence-corrected chi connectivity index (χ2v) is 5.95. The molecule has 9 heteroatoms. The summed E-state index contributed by atoms with van der Waals surface area (Å²) in [5, 5.41) is 20.0. The largest absolute Gasteiger partial charge is 0.390 e. The normalized spacial score (nSPS) is 27.3. The number of fused-ring (bicyclic) bond motifs is 1. The molecule has 3 rings (SSSR count). The Labute approximate surface area is 123 Å². The Morgan fingerprint density at radius 1 is 1.67 bits per heavy atom. The van der Waals surface area contributed by atoms with E-state index >= 15 is 0 Å². The zero-order valence-corrected chi connectivity index (χ0v) is 12.2. The van der Waals surface area contributed by atoms with E-state index in [4.69, 9.17) is 10.5 Å². The van der Waals surface area contributed by atoms with Gasteiger partial charge in [0.15, 0.2) is 16.7 Å². The molecular formula is C12H16N4O4S. The predicted molar refractivity (Wildman–Crippen MR) is 76.9 cm³/mol. The van der Waals surface area contributed by atoms with Crippen molar-refractivity contribution >= 4 is 27.6 Å². The van der Waals surface area contributed by atoms with Gasteiger partial charge in [0.25, 0.3) is 0 Å². The van der Waals surface area contributed by atoms with Crippen molar-refractivity contribution in [2.24, 2.45) is 0 Å². The summed E-state index contributed by atoms with van der Waals surface area (Å²) in [6.45, 7) is 1.83. The van der Waals surface area contributed by atoms with Crippen LogP contribution < -0.4 is 10.6 Å². The van der Waals surface area contributed by atoms with Gasteiger partial charge in [-0.05, 0) is 6.42 Å². The van der Waals surface area contributed by atoms with Gasteiger partial charge in [0.2, 0.25) is 0 Å². The summed E-state index contributed by atoms with van der Waals surface area (Å²) in [5.41, 5.74) is 5.90. The highest BCUT2D eigenvalue weighted by atomic mass is 32.1. The number of thiazole rings is 1. The summed E-state index contributed by atoms with van der Waals surface area (Å²) in [5.74, 6) is 0.187. The predicted octanol–water partition coefficient (Wildman–Crippen LogP) is -0.146. The third kappa shape index (κ3) is 2.42. The Bertz CT molecular complexity index is 715. The first-order chi connectivity index (χ1) is 10.0. The van der Waals surface area contributed by atoms with Gasteiger partial charge in [0.1, 0.15) is 11.9 Å². The minimum Gasteiger partial charge on any atom is -0.390 e. The van der Waals surface area contributed by atoms with Crippen molar-refractivity contribution in [1.29, 1.82) is 0 Å². The zero-order chi connectivity index (χ0) is 15.1. The van der Waals surface area contributed by atoms with E-state index in [1.165, 1.54) is 10.8 Å². The van der Waals surface area contributed by atoms with Gasteiger partial charge in [-0.15, -0.1) is 0 Å². The first kappa shape index (κ1) is 14.4. The molecule has 3 heterocycles. The van der Waals surface area contributed by atoms with Crippen LogP contribution in [0.5, 0.6) is 0 Å². The van der Waals surface area contributed by atoms with Crippen LogP contribution in [0.25, 0.3) is 10.5 Å². The zero-order valence-electron chi connectivity index (χ0n) is 11.3. The van der Waals surface area contributed by atoms with Gasteiger partial charge in [-0.3, -0.25) is 9.36 Å². The van der Waals surface area contributed by atoms with E-state index in [-0.39, 0.29) is 17.1 Å². The van der Waals surface area contributed by atoms with Crippen molar-refractivity contribution in [2.75, 3.05) is 5.73 Å². The highest BCUT2D eigenvalue weighted by molar-refractivity contribution is 7.15. The van der Waals surface area contributed by atoms with Gasteiger partial charge >= 0.3 is 4.87 Å². The Balaban J connectivity index is 2.02. The molecule has 1 aliphatic heterocycles.